The minimum atomic E-state index is -1.73. The first kappa shape index (κ1) is 18.2. The molecule has 0 spiro atoms. The van der Waals surface area contributed by atoms with Gasteiger partial charge in [0.25, 0.3) is 0 Å². The number of hydrogen-bond acceptors (Lipinski definition) is 4. The van der Waals surface area contributed by atoms with E-state index < -0.39 is 39.2 Å². The number of anilines is 1. The Hall–Kier alpha value is -1.58. The van der Waals surface area contributed by atoms with E-state index in [1.807, 2.05) is 0 Å². The molecule has 2 fully saturated rings. The summed E-state index contributed by atoms with van der Waals surface area (Å²) in [5.41, 5.74) is -1.07. The molecule has 0 aliphatic carbocycles. The number of carboxylic acids is 1. The van der Waals surface area contributed by atoms with Crippen LogP contribution in [0.15, 0.2) is 30.3 Å². The summed E-state index contributed by atoms with van der Waals surface area (Å²) in [6.45, 7) is 1.24. The Morgan fingerprint density at radius 3 is 2.56 bits per heavy atom. The lowest BCUT2D eigenvalue weighted by molar-refractivity contribution is -0.156. The lowest BCUT2D eigenvalue weighted by Crippen LogP contribution is -2.75. The van der Waals surface area contributed by atoms with Crippen LogP contribution in [-0.2, 0) is 25.6 Å². The van der Waals surface area contributed by atoms with E-state index in [0.29, 0.717) is 5.69 Å². The second-order valence-electron chi connectivity index (χ2n) is 6.18. The molecule has 134 valence electrons. The SMILES string of the molecule is CC(=O)N(c1ccccc1)C1[S@@+]([O-])[C@@H]2CC(=O)N2CC1(CBr)C(=O)O. The van der Waals surface area contributed by atoms with E-state index in [2.05, 4.69) is 15.9 Å². The van der Waals surface area contributed by atoms with Gasteiger partial charge in [-0.1, -0.05) is 34.1 Å². The van der Waals surface area contributed by atoms with Gasteiger partial charge in [-0.15, -0.1) is 0 Å². The summed E-state index contributed by atoms with van der Waals surface area (Å²) >= 11 is 1.50. The van der Waals surface area contributed by atoms with Crippen molar-refractivity contribution in [1.82, 2.24) is 4.90 Å². The Kier molecular flexibility index (Phi) is 4.82. The van der Waals surface area contributed by atoms with Crippen LogP contribution < -0.4 is 4.90 Å². The molecule has 0 radical (unpaired) electrons. The number of para-hydroxylation sites is 1. The molecule has 0 aromatic heterocycles. The van der Waals surface area contributed by atoms with Crippen molar-refractivity contribution in [3.63, 3.8) is 0 Å². The molecular weight excluding hydrogens is 412 g/mol. The molecule has 4 atom stereocenters. The highest BCUT2D eigenvalue weighted by atomic mass is 79.9. The summed E-state index contributed by atoms with van der Waals surface area (Å²) in [5.74, 6) is -1.80. The maximum Gasteiger partial charge on any atom is 0.319 e. The van der Waals surface area contributed by atoms with Crippen LogP contribution in [0.3, 0.4) is 0 Å². The zero-order chi connectivity index (χ0) is 18.4. The number of hydrogen-bond donors (Lipinski definition) is 1. The van der Waals surface area contributed by atoms with E-state index in [1.165, 1.54) is 16.7 Å². The number of fused-ring (bicyclic) bond motifs is 1. The van der Waals surface area contributed by atoms with Gasteiger partial charge in [-0.3, -0.25) is 24.2 Å². The van der Waals surface area contributed by atoms with Crippen molar-refractivity contribution in [3.05, 3.63) is 30.3 Å². The fourth-order valence-corrected chi connectivity index (χ4v) is 6.50. The zero-order valence-electron chi connectivity index (χ0n) is 13.4. The van der Waals surface area contributed by atoms with E-state index in [-0.39, 0.29) is 24.2 Å². The van der Waals surface area contributed by atoms with Crippen molar-refractivity contribution in [1.29, 1.82) is 0 Å². The Balaban J connectivity index is 2.12. The molecule has 9 heteroatoms. The number of amides is 2. The van der Waals surface area contributed by atoms with Crippen molar-refractivity contribution in [2.75, 3.05) is 16.8 Å². The van der Waals surface area contributed by atoms with Gasteiger partial charge in [0, 0.05) is 24.5 Å². The minimum Gasteiger partial charge on any atom is -0.613 e. The molecule has 2 aliphatic heterocycles. The Labute approximate surface area is 156 Å². The van der Waals surface area contributed by atoms with Crippen LogP contribution in [0.4, 0.5) is 5.69 Å². The maximum absolute atomic E-state index is 13.2. The third-order valence-electron chi connectivity index (χ3n) is 4.70. The Bertz CT molecular complexity index is 718. The molecule has 0 bridgehead atoms. The Morgan fingerprint density at radius 1 is 1.44 bits per heavy atom. The van der Waals surface area contributed by atoms with Gasteiger partial charge < -0.3 is 9.66 Å². The van der Waals surface area contributed by atoms with E-state index in [1.54, 1.807) is 30.3 Å². The van der Waals surface area contributed by atoms with Gasteiger partial charge in [0.2, 0.25) is 22.6 Å². The monoisotopic (exact) mass is 428 g/mol. The van der Waals surface area contributed by atoms with Crippen LogP contribution in [0.2, 0.25) is 0 Å². The third kappa shape index (κ3) is 2.74. The maximum atomic E-state index is 13.2. The summed E-state index contributed by atoms with van der Waals surface area (Å²) in [6, 6.07) is 8.59. The number of carboxylic acid groups (broad SMARTS) is 1. The van der Waals surface area contributed by atoms with Crippen molar-refractivity contribution in [2.24, 2.45) is 5.41 Å². The summed E-state index contributed by atoms with van der Waals surface area (Å²) < 4.78 is 13.2. The van der Waals surface area contributed by atoms with Crippen LogP contribution in [0.25, 0.3) is 0 Å². The number of halogens is 1. The smallest absolute Gasteiger partial charge is 0.319 e. The quantitative estimate of drug-likeness (QED) is 0.440. The molecule has 2 aliphatic rings. The Morgan fingerprint density at radius 2 is 2.08 bits per heavy atom. The van der Waals surface area contributed by atoms with E-state index in [4.69, 9.17) is 0 Å². The van der Waals surface area contributed by atoms with Gasteiger partial charge in [0.15, 0.2) is 5.41 Å². The number of aliphatic carboxylic acids is 1. The number of carbonyl (C=O) groups excluding carboxylic acids is 2. The van der Waals surface area contributed by atoms with Crippen molar-refractivity contribution in [2.45, 2.75) is 24.1 Å². The fraction of sp³-hybridized carbons (Fsp3) is 0.438. The van der Waals surface area contributed by atoms with Crippen LogP contribution in [0.5, 0.6) is 0 Å². The summed E-state index contributed by atoms with van der Waals surface area (Å²) in [7, 11) is 0. The topological polar surface area (TPSA) is 101 Å². The number of β-lactam (4-membered cyclic amide) rings is 1. The predicted octanol–water partition coefficient (Wildman–Crippen LogP) is 1.15. The molecule has 2 heterocycles. The van der Waals surface area contributed by atoms with Gasteiger partial charge in [-0.2, -0.15) is 0 Å². The van der Waals surface area contributed by atoms with Gasteiger partial charge in [0.05, 0.1) is 6.42 Å². The van der Waals surface area contributed by atoms with E-state index in [9.17, 15) is 24.0 Å². The first-order chi connectivity index (χ1) is 11.8. The van der Waals surface area contributed by atoms with E-state index in [0.717, 1.165) is 0 Å². The van der Waals surface area contributed by atoms with Crippen LogP contribution in [-0.4, -0.2) is 55.0 Å². The first-order valence-corrected chi connectivity index (χ1v) is 10.1. The molecule has 3 rings (SSSR count). The molecule has 1 aromatic rings. The average molecular weight is 429 g/mol. The molecule has 1 N–H and O–H groups in total. The minimum absolute atomic E-state index is 0.0289. The molecule has 2 saturated heterocycles. The fourth-order valence-electron chi connectivity index (χ4n) is 3.34. The highest BCUT2D eigenvalue weighted by molar-refractivity contribution is 9.09. The van der Waals surface area contributed by atoms with Crippen LogP contribution in [0, 0.1) is 5.41 Å². The molecule has 25 heavy (non-hydrogen) atoms. The van der Waals surface area contributed by atoms with Gasteiger partial charge in [-0.25, -0.2) is 0 Å². The van der Waals surface area contributed by atoms with Gasteiger partial charge in [-0.05, 0) is 23.3 Å². The highest BCUT2D eigenvalue weighted by Gasteiger charge is 2.66. The lowest BCUT2D eigenvalue weighted by Gasteiger charge is -2.54. The zero-order valence-corrected chi connectivity index (χ0v) is 15.8. The number of carbonyl (C=O) groups is 3. The third-order valence-corrected chi connectivity index (χ3v) is 7.76. The standard InChI is InChI=1S/C16H17BrN2O5S/c1-10(20)19(11-5-3-2-4-6-11)14-16(8-17,15(22)23)9-18-12(21)7-13(18)25(14)24/h2-6,13-14H,7-9H2,1H3,(H,22,23)/t13-,14?,16?,25+/m1/s1. The van der Waals surface area contributed by atoms with Gasteiger partial charge in [0.1, 0.15) is 0 Å². The average Bonchev–Trinajstić information content (AvgIpc) is 2.58. The van der Waals surface area contributed by atoms with E-state index >= 15 is 0 Å². The van der Waals surface area contributed by atoms with Crippen molar-refractivity contribution in [3.8, 4) is 0 Å². The second-order valence-corrected chi connectivity index (χ2v) is 8.39. The number of rotatable bonds is 4. The second kappa shape index (κ2) is 6.62. The molecule has 0 saturated carbocycles. The largest absolute Gasteiger partial charge is 0.613 e. The van der Waals surface area contributed by atoms with Gasteiger partial charge >= 0.3 is 5.97 Å². The van der Waals surface area contributed by atoms with Crippen molar-refractivity contribution >= 4 is 50.6 Å². The van der Waals surface area contributed by atoms with Crippen LogP contribution in [0.1, 0.15) is 13.3 Å². The number of benzene rings is 1. The summed E-state index contributed by atoms with van der Waals surface area (Å²) in [4.78, 5) is 39.0. The number of nitrogens with zero attached hydrogens (tertiary/aromatic N) is 2. The summed E-state index contributed by atoms with van der Waals surface area (Å²) in [6.07, 6.45) is 0.113. The molecule has 2 amide bonds. The lowest BCUT2D eigenvalue weighted by atomic mass is 9.86. The molecule has 7 nitrogen and oxygen atoms in total. The highest BCUT2D eigenvalue weighted by Crippen LogP contribution is 2.46. The van der Waals surface area contributed by atoms with Crippen LogP contribution >= 0.6 is 15.9 Å². The normalized spacial score (nSPS) is 31.1. The predicted molar refractivity (Wildman–Crippen MR) is 95.5 cm³/mol. The molecule has 2 unspecified atom stereocenters. The molecular formula is C16H17BrN2O5S. The first-order valence-electron chi connectivity index (χ1n) is 7.66. The summed E-state index contributed by atoms with van der Waals surface area (Å²) in [5, 5.41) is 8.28. The molecule has 1 aromatic carbocycles. The number of alkyl halides is 1. The van der Waals surface area contributed by atoms with Crippen molar-refractivity contribution < 1.29 is 24.0 Å².